The van der Waals surface area contributed by atoms with Crippen LogP contribution < -0.4 is 0 Å². The van der Waals surface area contributed by atoms with Crippen LogP contribution >= 0.6 is 0 Å². The number of epoxide rings is 1. The van der Waals surface area contributed by atoms with E-state index in [9.17, 15) is 5.11 Å². The summed E-state index contributed by atoms with van der Waals surface area (Å²) in [6, 6.07) is 0.241. The molecule has 2 aliphatic rings. The third-order valence-corrected chi connectivity index (χ3v) is 2.43. The van der Waals surface area contributed by atoms with Gasteiger partial charge in [0.15, 0.2) is 0 Å². The Bertz CT molecular complexity index is 147. The van der Waals surface area contributed by atoms with Crippen molar-refractivity contribution in [2.24, 2.45) is 0 Å². The Balaban J connectivity index is 2.05. The summed E-state index contributed by atoms with van der Waals surface area (Å²) in [6.07, 6.45) is 0.483. The zero-order chi connectivity index (χ0) is 7.30. The topological polar surface area (TPSA) is 36.0 Å². The first kappa shape index (κ1) is 6.58. The lowest BCUT2D eigenvalue weighted by molar-refractivity contribution is 0.0563. The maximum Gasteiger partial charge on any atom is 0.103 e. The fourth-order valence-corrected chi connectivity index (χ4v) is 1.90. The van der Waals surface area contributed by atoms with E-state index in [0.717, 1.165) is 6.54 Å². The monoisotopic (exact) mass is 143 g/mol. The van der Waals surface area contributed by atoms with Gasteiger partial charge in [-0.3, -0.25) is 4.90 Å². The van der Waals surface area contributed by atoms with Crippen LogP contribution in [-0.2, 0) is 4.74 Å². The molecule has 0 amide bonds. The SMILES string of the molecule is CC(O)C1C2OC2CN1C. The maximum absolute atomic E-state index is 9.30. The normalized spacial score (nSPS) is 48.9. The predicted octanol–water partition coefficient (Wildman–Crippen LogP) is -0.551. The molecule has 0 aromatic rings. The summed E-state index contributed by atoms with van der Waals surface area (Å²) in [4.78, 5) is 2.17. The van der Waals surface area contributed by atoms with Crippen molar-refractivity contribution < 1.29 is 9.84 Å². The van der Waals surface area contributed by atoms with Gasteiger partial charge in [0.25, 0.3) is 0 Å². The smallest absolute Gasteiger partial charge is 0.103 e. The molecule has 2 aliphatic heterocycles. The molecule has 4 atom stereocenters. The highest BCUT2D eigenvalue weighted by atomic mass is 16.6. The number of likely N-dealkylation sites (N-methyl/N-ethyl adjacent to an activating group) is 1. The zero-order valence-corrected chi connectivity index (χ0v) is 6.32. The summed E-state index contributed by atoms with van der Waals surface area (Å²) < 4.78 is 5.30. The molecule has 0 radical (unpaired) electrons. The molecule has 0 aliphatic carbocycles. The van der Waals surface area contributed by atoms with E-state index < -0.39 is 0 Å². The molecule has 2 rings (SSSR count). The molecule has 0 spiro atoms. The van der Waals surface area contributed by atoms with Gasteiger partial charge in [0.05, 0.1) is 18.2 Å². The van der Waals surface area contributed by atoms with Crippen molar-refractivity contribution in [2.75, 3.05) is 13.6 Å². The van der Waals surface area contributed by atoms with Crippen molar-refractivity contribution in [2.45, 2.75) is 31.3 Å². The van der Waals surface area contributed by atoms with Gasteiger partial charge in [-0.2, -0.15) is 0 Å². The van der Waals surface area contributed by atoms with Crippen LogP contribution in [0.15, 0.2) is 0 Å². The molecule has 3 heteroatoms. The van der Waals surface area contributed by atoms with E-state index in [4.69, 9.17) is 4.74 Å². The first-order chi connectivity index (χ1) is 4.70. The number of likely N-dealkylation sites (tertiary alicyclic amines) is 1. The van der Waals surface area contributed by atoms with Gasteiger partial charge in [-0.05, 0) is 14.0 Å². The molecular formula is C7H13NO2. The first-order valence-corrected chi connectivity index (χ1v) is 3.74. The van der Waals surface area contributed by atoms with Gasteiger partial charge in [-0.25, -0.2) is 0 Å². The van der Waals surface area contributed by atoms with Gasteiger partial charge < -0.3 is 9.84 Å². The van der Waals surface area contributed by atoms with Crippen LogP contribution in [0.4, 0.5) is 0 Å². The Kier molecular flexibility index (Phi) is 1.27. The van der Waals surface area contributed by atoms with E-state index in [-0.39, 0.29) is 12.1 Å². The third-order valence-electron chi connectivity index (χ3n) is 2.43. The van der Waals surface area contributed by atoms with E-state index in [0.29, 0.717) is 12.2 Å². The van der Waals surface area contributed by atoms with Crippen LogP contribution in [0.3, 0.4) is 0 Å². The Hall–Kier alpha value is -0.120. The highest BCUT2D eigenvalue weighted by molar-refractivity contribution is 5.05. The van der Waals surface area contributed by atoms with E-state index in [1.165, 1.54) is 0 Å². The molecule has 2 fully saturated rings. The Labute approximate surface area is 60.6 Å². The van der Waals surface area contributed by atoms with Crippen molar-refractivity contribution in [1.29, 1.82) is 0 Å². The lowest BCUT2D eigenvalue weighted by Gasteiger charge is -2.23. The van der Waals surface area contributed by atoms with Crippen molar-refractivity contribution >= 4 is 0 Å². The highest BCUT2D eigenvalue weighted by Crippen LogP contribution is 2.36. The third kappa shape index (κ3) is 0.779. The predicted molar refractivity (Wildman–Crippen MR) is 36.8 cm³/mol. The minimum Gasteiger partial charge on any atom is -0.392 e. The number of hydrogen-bond donors (Lipinski definition) is 1. The van der Waals surface area contributed by atoms with Gasteiger partial charge in [0, 0.05) is 6.54 Å². The molecule has 58 valence electrons. The second-order valence-corrected chi connectivity index (χ2v) is 3.31. The number of rotatable bonds is 1. The molecule has 0 aromatic heterocycles. The average Bonchev–Trinajstić information content (AvgIpc) is 2.42. The minimum absolute atomic E-state index is 0.241. The zero-order valence-electron chi connectivity index (χ0n) is 6.32. The Morgan fingerprint density at radius 1 is 1.70 bits per heavy atom. The average molecular weight is 143 g/mol. The van der Waals surface area contributed by atoms with E-state index in [1.54, 1.807) is 0 Å². The van der Waals surface area contributed by atoms with Crippen LogP contribution in [0.5, 0.6) is 0 Å². The van der Waals surface area contributed by atoms with Crippen LogP contribution in [0.25, 0.3) is 0 Å². The quantitative estimate of drug-likeness (QED) is 0.500. The second kappa shape index (κ2) is 1.94. The van der Waals surface area contributed by atoms with Gasteiger partial charge in [-0.1, -0.05) is 0 Å². The van der Waals surface area contributed by atoms with Gasteiger partial charge in [0.2, 0.25) is 0 Å². The molecule has 2 heterocycles. The summed E-state index contributed by atoms with van der Waals surface area (Å²) in [5.41, 5.74) is 0. The number of hydrogen-bond acceptors (Lipinski definition) is 3. The number of ether oxygens (including phenoxy) is 1. The summed E-state index contributed by atoms with van der Waals surface area (Å²) >= 11 is 0. The molecule has 4 unspecified atom stereocenters. The van der Waals surface area contributed by atoms with Gasteiger partial charge >= 0.3 is 0 Å². The van der Waals surface area contributed by atoms with Crippen LogP contribution in [0.1, 0.15) is 6.92 Å². The standard InChI is InChI=1S/C7H13NO2/c1-4(9)6-7-5(10-7)3-8(6)2/h4-7,9H,3H2,1-2H3. The highest BCUT2D eigenvalue weighted by Gasteiger charge is 2.54. The molecule has 10 heavy (non-hydrogen) atoms. The fourth-order valence-electron chi connectivity index (χ4n) is 1.90. The van der Waals surface area contributed by atoms with E-state index in [1.807, 2.05) is 14.0 Å². The van der Waals surface area contributed by atoms with Crippen molar-refractivity contribution in [1.82, 2.24) is 4.90 Å². The molecule has 0 saturated carbocycles. The van der Waals surface area contributed by atoms with Crippen LogP contribution in [0.2, 0.25) is 0 Å². The molecular weight excluding hydrogens is 130 g/mol. The van der Waals surface area contributed by atoms with Gasteiger partial charge in [-0.15, -0.1) is 0 Å². The Morgan fingerprint density at radius 2 is 2.40 bits per heavy atom. The number of morpholine rings is 1. The minimum atomic E-state index is -0.262. The van der Waals surface area contributed by atoms with Crippen LogP contribution in [0, 0.1) is 0 Å². The fraction of sp³-hybridized carbons (Fsp3) is 1.00. The number of nitrogens with zero attached hydrogens (tertiary/aromatic N) is 1. The number of fused-ring (bicyclic) bond motifs is 1. The van der Waals surface area contributed by atoms with Crippen molar-refractivity contribution in [3.63, 3.8) is 0 Å². The molecule has 0 aromatic carbocycles. The number of aliphatic hydroxyl groups excluding tert-OH is 1. The molecule has 2 saturated heterocycles. The molecule has 1 N–H and O–H groups in total. The summed E-state index contributed by atoms with van der Waals surface area (Å²) in [5, 5.41) is 9.30. The van der Waals surface area contributed by atoms with Gasteiger partial charge in [0.1, 0.15) is 6.10 Å². The van der Waals surface area contributed by atoms with Crippen LogP contribution in [-0.4, -0.2) is 48.0 Å². The lowest BCUT2D eigenvalue weighted by Crippen LogP contribution is -2.39. The number of aliphatic hydroxyl groups is 1. The summed E-state index contributed by atoms with van der Waals surface area (Å²) in [7, 11) is 2.03. The largest absolute Gasteiger partial charge is 0.392 e. The lowest BCUT2D eigenvalue weighted by atomic mass is 10.1. The van der Waals surface area contributed by atoms with Crippen molar-refractivity contribution in [3.8, 4) is 0 Å². The summed E-state index contributed by atoms with van der Waals surface area (Å²) in [5.74, 6) is 0. The van der Waals surface area contributed by atoms with E-state index >= 15 is 0 Å². The maximum atomic E-state index is 9.30. The molecule has 3 nitrogen and oxygen atoms in total. The molecule has 0 bridgehead atoms. The first-order valence-electron chi connectivity index (χ1n) is 3.74. The second-order valence-electron chi connectivity index (χ2n) is 3.31. The summed E-state index contributed by atoms with van der Waals surface area (Å²) in [6.45, 7) is 2.81. The van der Waals surface area contributed by atoms with Crippen molar-refractivity contribution in [3.05, 3.63) is 0 Å². The Morgan fingerprint density at radius 3 is 2.70 bits per heavy atom. The van der Waals surface area contributed by atoms with E-state index in [2.05, 4.69) is 4.90 Å².